The van der Waals surface area contributed by atoms with Crippen LogP contribution in [0.5, 0.6) is 5.75 Å². The van der Waals surface area contributed by atoms with Gasteiger partial charge in [0.1, 0.15) is 18.0 Å². The van der Waals surface area contributed by atoms with Crippen LogP contribution >= 0.6 is 22.6 Å². The van der Waals surface area contributed by atoms with Crippen molar-refractivity contribution in [2.45, 2.75) is 56.5 Å². The van der Waals surface area contributed by atoms with Gasteiger partial charge < -0.3 is 29.9 Å². The molecule has 0 bridgehead atoms. The highest BCUT2D eigenvalue weighted by atomic mass is 127. The fourth-order valence-electron chi connectivity index (χ4n) is 4.43. The van der Waals surface area contributed by atoms with Gasteiger partial charge >= 0.3 is 0 Å². The predicted octanol–water partition coefficient (Wildman–Crippen LogP) is 1.62. The summed E-state index contributed by atoms with van der Waals surface area (Å²) in [6, 6.07) is 6.87. The lowest BCUT2D eigenvalue weighted by Crippen LogP contribution is -2.57. The van der Waals surface area contributed by atoms with Gasteiger partial charge in [-0.2, -0.15) is 0 Å². The summed E-state index contributed by atoms with van der Waals surface area (Å²) in [6.07, 6.45) is 3.53. The van der Waals surface area contributed by atoms with Crippen LogP contribution in [0.4, 0.5) is 0 Å². The monoisotopic (exact) mass is 570 g/mol. The summed E-state index contributed by atoms with van der Waals surface area (Å²) >= 11 is 2.16. The van der Waals surface area contributed by atoms with Crippen LogP contribution in [0.3, 0.4) is 0 Å². The molecule has 4 unspecified atom stereocenters. The molecule has 1 aromatic carbocycles. The molecule has 2 amide bonds. The van der Waals surface area contributed by atoms with Gasteiger partial charge in [0.05, 0.1) is 22.3 Å². The lowest BCUT2D eigenvalue weighted by atomic mass is 9.87. The van der Waals surface area contributed by atoms with E-state index in [1.807, 2.05) is 24.3 Å². The van der Waals surface area contributed by atoms with Gasteiger partial charge in [-0.1, -0.05) is 12.1 Å². The maximum absolute atomic E-state index is 13.3. The van der Waals surface area contributed by atoms with E-state index >= 15 is 0 Å². The standard InChI is InChI=1S/C24H31IN2O6/c25-18-5-1-2-6-20(18)33-21-13-16(23(30)26-9-10-28)12-19(22(21)29)27(24(31)15-7-8-15)14-17-4-3-11-32-17/h1-2,5-6,13,15,17,19,21-22,28-29H,3-4,7-12,14H2,(H,26,30). The van der Waals surface area contributed by atoms with Gasteiger partial charge in [-0.25, -0.2) is 0 Å². The summed E-state index contributed by atoms with van der Waals surface area (Å²) in [4.78, 5) is 27.8. The predicted molar refractivity (Wildman–Crippen MR) is 130 cm³/mol. The van der Waals surface area contributed by atoms with Gasteiger partial charge in [0.2, 0.25) is 11.8 Å². The van der Waals surface area contributed by atoms with Crippen molar-refractivity contribution in [1.82, 2.24) is 10.2 Å². The molecule has 0 radical (unpaired) electrons. The second-order valence-electron chi connectivity index (χ2n) is 8.85. The number of amides is 2. The highest BCUT2D eigenvalue weighted by Crippen LogP contribution is 2.36. The summed E-state index contributed by atoms with van der Waals surface area (Å²) in [5.41, 5.74) is 0.440. The molecular formula is C24H31IN2O6. The number of aliphatic hydroxyl groups is 2. The van der Waals surface area contributed by atoms with E-state index < -0.39 is 18.2 Å². The third-order valence-corrected chi connectivity index (χ3v) is 7.24. The first-order chi connectivity index (χ1) is 16.0. The van der Waals surface area contributed by atoms with E-state index in [0.717, 1.165) is 29.3 Å². The second kappa shape index (κ2) is 11.2. The Morgan fingerprint density at radius 1 is 1.24 bits per heavy atom. The van der Waals surface area contributed by atoms with Gasteiger partial charge in [0.25, 0.3) is 0 Å². The number of hydrogen-bond acceptors (Lipinski definition) is 6. The Hall–Kier alpha value is -1.69. The third-order valence-electron chi connectivity index (χ3n) is 6.35. The second-order valence-corrected chi connectivity index (χ2v) is 10.0. The number of para-hydroxylation sites is 1. The Balaban J connectivity index is 1.62. The third kappa shape index (κ3) is 6.06. The first-order valence-electron chi connectivity index (χ1n) is 11.6. The molecule has 3 aliphatic rings. The van der Waals surface area contributed by atoms with Crippen molar-refractivity contribution >= 4 is 34.4 Å². The smallest absolute Gasteiger partial charge is 0.247 e. The number of benzene rings is 1. The summed E-state index contributed by atoms with van der Waals surface area (Å²) in [6.45, 7) is 1.04. The number of nitrogens with one attached hydrogen (secondary N) is 1. The molecule has 180 valence electrons. The number of halogens is 1. The molecule has 8 nitrogen and oxygen atoms in total. The number of aliphatic hydroxyl groups excluding tert-OH is 2. The van der Waals surface area contributed by atoms with Gasteiger partial charge in [0, 0.05) is 37.6 Å². The molecular weight excluding hydrogens is 539 g/mol. The number of rotatable bonds is 9. The molecule has 4 atom stereocenters. The van der Waals surface area contributed by atoms with Crippen molar-refractivity contribution in [3.63, 3.8) is 0 Å². The first-order valence-corrected chi connectivity index (χ1v) is 12.7. The Morgan fingerprint density at radius 2 is 2.03 bits per heavy atom. The van der Waals surface area contributed by atoms with Gasteiger partial charge in [0.15, 0.2) is 0 Å². The fraction of sp³-hybridized carbons (Fsp3) is 0.583. The van der Waals surface area contributed by atoms with Crippen LogP contribution in [0.1, 0.15) is 32.1 Å². The van der Waals surface area contributed by atoms with E-state index in [1.54, 1.807) is 11.0 Å². The quantitative estimate of drug-likeness (QED) is 0.390. The Morgan fingerprint density at radius 3 is 2.70 bits per heavy atom. The Labute approximate surface area is 207 Å². The molecule has 1 aliphatic heterocycles. The normalized spacial score (nSPS) is 27.1. The zero-order valence-electron chi connectivity index (χ0n) is 18.5. The number of carbonyl (C=O) groups is 2. The highest BCUT2D eigenvalue weighted by molar-refractivity contribution is 14.1. The molecule has 3 N–H and O–H groups in total. The minimum absolute atomic E-state index is 0.0135. The SMILES string of the molecule is O=C(NCCO)C1=CC(Oc2ccccc2I)C(O)C(N(CC2CCCO2)C(=O)C2CC2)C1. The van der Waals surface area contributed by atoms with Gasteiger partial charge in [-0.05, 0) is 66.5 Å². The topological polar surface area (TPSA) is 108 Å². The molecule has 0 spiro atoms. The van der Waals surface area contributed by atoms with Crippen molar-refractivity contribution < 1.29 is 29.3 Å². The molecule has 1 saturated carbocycles. The average Bonchev–Trinajstić information content (AvgIpc) is 3.54. The lowest BCUT2D eigenvalue weighted by molar-refractivity contribution is -0.142. The zero-order chi connectivity index (χ0) is 23.4. The molecule has 2 fully saturated rings. The van der Waals surface area contributed by atoms with E-state index in [-0.39, 0.29) is 43.4 Å². The minimum atomic E-state index is -1.00. The first kappa shape index (κ1) is 24.4. The van der Waals surface area contributed by atoms with Gasteiger partial charge in [-0.15, -0.1) is 0 Å². The number of carbonyl (C=O) groups excluding carboxylic acids is 2. The molecule has 33 heavy (non-hydrogen) atoms. The number of hydrogen-bond donors (Lipinski definition) is 3. The lowest BCUT2D eigenvalue weighted by Gasteiger charge is -2.41. The largest absolute Gasteiger partial charge is 0.482 e. The van der Waals surface area contributed by atoms with Crippen molar-refractivity contribution in [2.75, 3.05) is 26.3 Å². The van der Waals surface area contributed by atoms with E-state index in [0.29, 0.717) is 24.5 Å². The van der Waals surface area contributed by atoms with Crippen LogP contribution in [0.25, 0.3) is 0 Å². The summed E-state index contributed by atoms with van der Waals surface area (Å²) in [5.74, 6) is 0.270. The van der Waals surface area contributed by atoms with Crippen LogP contribution in [0.15, 0.2) is 35.9 Å². The molecule has 1 saturated heterocycles. The van der Waals surface area contributed by atoms with Crippen LogP contribution in [0, 0.1) is 9.49 Å². The van der Waals surface area contributed by atoms with Crippen LogP contribution in [-0.2, 0) is 14.3 Å². The molecule has 4 rings (SSSR count). The van der Waals surface area contributed by atoms with Crippen molar-refractivity contribution in [3.05, 3.63) is 39.5 Å². The molecule has 1 aromatic rings. The zero-order valence-corrected chi connectivity index (χ0v) is 20.6. The highest BCUT2D eigenvalue weighted by Gasteiger charge is 2.44. The van der Waals surface area contributed by atoms with E-state index in [2.05, 4.69) is 27.9 Å². The Kier molecular flexibility index (Phi) is 8.26. The molecule has 1 heterocycles. The van der Waals surface area contributed by atoms with Crippen molar-refractivity contribution in [2.24, 2.45) is 5.92 Å². The van der Waals surface area contributed by atoms with E-state index in [9.17, 15) is 14.7 Å². The summed E-state index contributed by atoms with van der Waals surface area (Å²) in [5, 5.41) is 23.2. The molecule has 2 aliphatic carbocycles. The van der Waals surface area contributed by atoms with Gasteiger partial charge in [-0.3, -0.25) is 9.59 Å². The maximum Gasteiger partial charge on any atom is 0.247 e. The molecule has 9 heteroatoms. The number of ether oxygens (including phenoxy) is 2. The maximum atomic E-state index is 13.3. The Bertz CT molecular complexity index is 883. The summed E-state index contributed by atoms with van der Waals surface area (Å²) < 4.78 is 12.8. The minimum Gasteiger partial charge on any atom is -0.482 e. The summed E-state index contributed by atoms with van der Waals surface area (Å²) in [7, 11) is 0. The van der Waals surface area contributed by atoms with Crippen LogP contribution in [-0.4, -0.2) is 77.6 Å². The van der Waals surface area contributed by atoms with E-state index in [1.165, 1.54) is 0 Å². The number of nitrogens with zero attached hydrogens (tertiary/aromatic N) is 1. The van der Waals surface area contributed by atoms with E-state index in [4.69, 9.17) is 14.6 Å². The molecule has 0 aromatic heterocycles. The van der Waals surface area contributed by atoms with Crippen molar-refractivity contribution in [3.8, 4) is 5.75 Å². The fourth-order valence-corrected chi connectivity index (χ4v) is 4.94. The van der Waals surface area contributed by atoms with Crippen molar-refractivity contribution in [1.29, 1.82) is 0 Å². The average molecular weight is 570 g/mol. The van der Waals surface area contributed by atoms with Crippen LogP contribution < -0.4 is 10.1 Å². The van der Waals surface area contributed by atoms with Crippen LogP contribution in [0.2, 0.25) is 0 Å².